The molecule has 1 heterocycles. The summed E-state index contributed by atoms with van der Waals surface area (Å²) in [6.07, 6.45) is 2.18. The van der Waals surface area contributed by atoms with Crippen LogP contribution in [0.4, 0.5) is 5.69 Å². The summed E-state index contributed by atoms with van der Waals surface area (Å²) in [7, 11) is 1.61. The zero-order valence-corrected chi connectivity index (χ0v) is 9.90. The average molecular weight is 232 g/mol. The minimum atomic E-state index is 0.325. The summed E-state index contributed by atoms with van der Waals surface area (Å²) in [5.74, 6) is 0.703. The van der Waals surface area contributed by atoms with Crippen molar-refractivity contribution in [3.05, 3.63) is 23.8 Å². The van der Waals surface area contributed by atoms with E-state index < -0.39 is 0 Å². The fourth-order valence-corrected chi connectivity index (χ4v) is 1.95. The Morgan fingerprint density at radius 2 is 2.41 bits per heavy atom. The van der Waals surface area contributed by atoms with Gasteiger partial charge in [0, 0.05) is 18.7 Å². The second-order valence-electron chi connectivity index (χ2n) is 4.09. The zero-order valence-electron chi connectivity index (χ0n) is 9.90. The van der Waals surface area contributed by atoms with E-state index in [0.717, 1.165) is 31.7 Å². The Balaban J connectivity index is 2.11. The first kappa shape index (κ1) is 11.7. The molecular weight excluding hydrogens is 216 g/mol. The highest BCUT2D eigenvalue weighted by atomic mass is 16.5. The van der Waals surface area contributed by atoms with Crippen LogP contribution in [-0.4, -0.2) is 26.4 Å². The largest absolute Gasteiger partial charge is 0.495 e. The zero-order chi connectivity index (χ0) is 12.1. The molecule has 1 saturated heterocycles. The predicted octanol–water partition coefficient (Wildman–Crippen LogP) is 2.16. The molecule has 0 bridgehead atoms. The van der Waals surface area contributed by atoms with Gasteiger partial charge in [-0.25, -0.2) is 0 Å². The lowest BCUT2D eigenvalue weighted by Gasteiger charge is -2.25. The number of benzene rings is 1. The van der Waals surface area contributed by atoms with Crippen LogP contribution in [0, 0.1) is 11.3 Å². The summed E-state index contributed by atoms with van der Waals surface area (Å²) in [6.45, 7) is 1.58. The second kappa shape index (κ2) is 5.55. The highest BCUT2D eigenvalue weighted by molar-refractivity contribution is 5.59. The van der Waals surface area contributed by atoms with Crippen molar-refractivity contribution >= 4 is 5.69 Å². The molecule has 0 radical (unpaired) electrons. The molecule has 1 aliphatic rings. The molecule has 1 aromatic carbocycles. The van der Waals surface area contributed by atoms with E-state index in [2.05, 4.69) is 11.4 Å². The van der Waals surface area contributed by atoms with Gasteiger partial charge in [0.25, 0.3) is 0 Å². The summed E-state index contributed by atoms with van der Waals surface area (Å²) in [5.41, 5.74) is 1.52. The van der Waals surface area contributed by atoms with Crippen molar-refractivity contribution in [2.75, 3.05) is 25.6 Å². The number of hydrogen-bond acceptors (Lipinski definition) is 4. The number of methoxy groups -OCH3 is 1. The minimum Gasteiger partial charge on any atom is -0.495 e. The number of anilines is 1. The Labute approximate surface area is 101 Å². The molecular formula is C13H16N2O2. The van der Waals surface area contributed by atoms with E-state index in [-0.39, 0.29) is 0 Å². The van der Waals surface area contributed by atoms with E-state index >= 15 is 0 Å². The first-order chi connectivity index (χ1) is 8.33. The van der Waals surface area contributed by atoms with Crippen LogP contribution in [0.2, 0.25) is 0 Å². The van der Waals surface area contributed by atoms with Crippen LogP contribution in [0.25, 0.3) is 0 Å². The molecule has 2 rings (SSSR count). The van der Waals surface area contributed by atoms with Crippen LogP contribution in [0.5, 0.6) is 5.75 Å². The molecule has 1 N–H and O–H groups in total. The van der Waals surface area contributed by atoms with Gasteiger partial charge in [-0.15, -0.1) is 0 Å². The SMILES string of the molecule is COc1cc(C#N)ccc1NC1CCCOC1. The van der Waals surface area contributed by atoms with Gasteiger partial charge in [-0.2, -0.15) is 5.26 Å². The van der Waals surface area contributed by atoms with E-state index in [1.165, 1.54) is 0 Å². The quantitative estimate of drug-likeness (QED) is 0.867. The molecule has 4 nitrogen and oxygen atoms in total. The number of ether oxygens (including phenoxy) is 2. The average Bonchev–Trinajstić information content (AvgIpc) is 2.40. The van der Waals surface area contributed by atoms with Crippen LogP contribution in [0.15, 0.2) is 18.2 Å². The molecule has 1 atom stereocenters. The van der Waals surface area contributed by atoms with Crippen molar-refractivity contribution in [3.8, 4) is 11.8 Å². The lowest BCUT2D eigenvalue weighted by atomic mass is 10.1. The summed E-state index contributed by atoms with van der Waals surface area (Å²) in [5, 5.41) is 12.2. The number of nitrogens with zero attached hydrogens (tertiary/aromatic N) is 1. The summed E-state index contributed by atoms with van der Waals surface area (Å²) in [6, 6.07) is 7.83. The van der Waals surface area contributed by atoms with E-state index in [0.29, 0.717) is 17.4 Å². The molecule has 17 heavy (non-hydrogen) atoms. The van der Waals surface area contributed by atoms with Crippen molar-refractivity contribution in [1.82, 2.24) is 0 Å². The highest BCUT2D eigenvalue weighted by Gasteiger charge is 2.15. The third kappa shape index (κ3) is 2.89. The molecule has 90 valence electrons. The third-order valence-corrected chi connectivity index (χ3v) is 2.85. The van der Waals surface area contributed by atoms with Gasteiger partial charge in [-0.05, 0) is 25.0 Å². The van der Waals surface area contributed by atoms with E-state index in [4.69, 9.17) is 14.7 Å². The Bertz CT molecular complexity index is 420. The van der Waals surface area contributed by atoms with Gasteiger partial charge in [0.05, 0.1) is 31.0 Å². The molecule has 1 fully saturated rings. The predicted molar refractivity (Wildman–Crippen MR) is 65.2 cm³/mol. The van der Waals surface area contributed by atoms with Crippen molar-refractivity contribution in [2.24, 2.45) is 0 Å². The fraction of sp³-hybridized carbons (Fsp3) is 0.462. The normalized spacial score (nSPS) is 19.4. The summed E-state index contributed by atoms with van der Waals surface area (Å²) < 4.78 is 10.7. The van der Waals surface area contributed by atoms with E-state index in [1.54, 1.807) is 19.2 Å². The first-order valence-electron chi connectivity index (χ1n) is 5.76. The molecule has 1 aliphatic heterocycles. The monoisotopic (exact) mass is 232 g/mol. The first-order valence-corrected chi connectivity index (χ1v) is 5.76. The van der Waals surface area contributed by atoms with Gasteiger partial charge in [0.1, 0.15) is 5.75 Å². The number of hydrogen-bond donors (Lipinski definition) is 1. The molecule has 4 heteroatoms. The third-order valence-electron chi connectivity index (χ3n) is 2.85. The molecule has 0 amide bonds. The maximum Gasteiger partial charge on any atom is 0.143 e. The van der Waals surface area contributed by atoms with Gasteiger partial charge < -0.3 is 14.8 Å². The van der Waals surface area contributed by atoms with Gasteiger partial charge >= 0.3 is 0 Å². The van der Waals surface area contributed by atoms with Crippen molar-refractivity contribution in [2.45, 2.75) is 18.9 Å². The Morgan fingerprint density at radius 3 is 3.06 bits per heavy atom. The minimum absolute atomic E-state index is 0.325. The topological polar surface area (TPSA) is 54.3 Å². The van der Waals surface area contributed by atoms with Crippen molar-refractivity contribution in [3.63, 3.8) is 0 Å². The maximum absolute atomic E-state index is 8.82. The molecule has 1 unspecified atom stereocenters. The lowest BCUT2D eigenvalue weighted by Crippen LogP contribution is -2.30. The van der Waals surface area contributed by atoms with E-state index in [9.17, 15) is 0 Å². The van der Waals surface area contributed by atoms with Crippen LogP contribution in [0.1, 0.15) is 18.4 Å². The lowest BCUT2D eigenvalue weighted by molar-refractivity contribution is 0.0875. The van der Waals surface area contributed by atoms with Crippen LogP contribution >= 0.6 is 0 Å². The Kier molecular flexibility index (Phi) is 3.84. The molecule has 0 saturated carbocycles. The number of rotatable bonds is 3. The van der Waals surface area contributed by atoms with Gasteiger partial charge in [0.2, 0.25) is 0 Å². The Hall–Kier alpha value is -1.73. The molecule has 0 spiro atoms. The summed E-state index contributed by atoms with van der Waals surface area (Å²) >= 11 is 0. The molecule has 1 aromatic rings. The number of nitrogens with one attached hydrogen (secondary N) is 1. The fourth-order valence-electron chi connectivity index (χ4n) is 1.95. The number of nitriles is 1. The molecule has 0 aromatic heterocycles. The van der Waals surface area contributed by atoms with Gasteiger partial charge in [0.15, 0.2) is 0 Å². The van der Waals surface area contributed by atoms with Crippen LogP contribution in [-0.2, 0) is 4.74 Å². The summed E-state index contributed by atoms with van der Waals surface area (Å²) in [4.78, 5) is 0. The standard InChI is InChI=1S/C13H16N2O2/c1-16-13-7-10(8-14)4-5-12(13)15-11-3-2-6-17-9-11/h4-5,7,11,15H,2-3,6,9H2,1H3. The second-order valence-corrected chi connectivity index (χ2v) is 4.09. The van der Waals surface area contributed by atoms with Crippen LogP contribution in [0.3, 0.4) is 0 Å². The Morgan fingerprint density at radius 1 is 1.53 bits per heavy atom. The van der Waals surface area contributed by atoms with Gasteiger partial charge in [-0.3, -0.25) is 0 Å². The maximum atomic E-state index is 8.82. The van der Waals surface area contributed by atoms with E-state index in [1.807, 2.05) is 6.07 Å². The van der Waals surface area contributed by atoms with Crippen molar-refractivity contribution < 1.29 is 9.47 Å². The van der Waals surface area contributed by atoms with Crippen LogP contribution < -0.4 is 10.1 Å². The van der Waals surface area contributed by atoms with Gasteiger partial charge in [-0.1, -0.05) is 0 Å². The van der Waals surface area contributed by atoms with Crippen molar-refractivity contribution in [1.29, 1.82) is 5.26 Å². The molecule has 0 aliphatic carbocycles. The highest BCUT2D eigenvalue weighted by Crippen LogP contribution is 2.27. The smallest absolute Gasteiger partial charge is 0.143 e.